The summed E-state index contributed by atoms with van der Waals surface area (Å²) in [7, 11) is 5.45. The van der Waals surface area contributed by atoms with Gasteiger partial charge in [-0.2, -0.15) is 12.6 Å². The van der Waals surface area contributed by atoms with Gasteiger partial charge >= 0.3 is 0 Å². The Bertz CT molecular complexity index is 450. The van der Waals surface area contributed by atoms with Crippen LogP contribution in [0.3, 0.4) is 0 Å². The number of carbonyl (C=O) groups excluding carboxylic acids is 2. The number of rotatable bonds is 5. The van der Waals surface area contributed by atoms with Crippen molar-refractivity contribution in [1.29, 1.82) is 0 Å². The summed E-state index contributed by atoms with van der Waals surface area (Å²) in [5, 5.41) is 7.30. The predicted molar refractivity (Wildman–Crippen MR) is 103 cm³/mol. The van der Waals surface area contributed by atoms with E-state index in [1.807, 2.05) is 7.05 Å². The van der Waals surface area contributed by atoms with Crippen molar-refractivity contribution in [2.45, 2.75) is 48.3 Å². The zero-order valence-corrected chi connectivity index (χ0v) is 16.5. The molecule has 6 nitrogen and oxygen atoms in total. The maximum absolute atomic E-state index is 12.5. The minimum atomic E-state index is -0.108. The van der Waals surface area contributed by atoms with Gasteiger partial charge in [0.25, 0.3) is 0 Å². The minimum absolute atomic E-state index is 0.0998. The van der Waals surface area contributed by atoms with Gasteiger partial charge in [0.2, 0.25) is 11.8 Å². The minimum Gasteiger partial charge on any atom is -0.347 e. The molecule has 2 fully saturated rings. The van der Waals surface area contributed by atoms with Crippen LogP contribution < -0.4 is 10.6 Å². The van der Waals surface area contributed by atoms with E-state index in [9.17, 15) is 9.59 Å². The van der Waals surface area contributed by atoms with Crippen LogP contribution in [-0.2, 0) is 9.59 Å². The molecule has 0 aromatic carbocycles. The number of thioether (sulfide) groups is 1. The van der Waals surface area contributed by atoms with E-state index in [0.717, 1.165) is 38.8 Å². The van der Waals surface area contributed by atoms with Gasteiger partial charge in [0.1, 0.15) is 0 Å². The second kappa shape index (κ2) is 9.31. The average Bonchev–Trinajstić information content (AvgIpc) is 2.58. The molecule has 8 heteroatoms. The highest BCUT2D eigenvalue weighted by atomic mass is 32.2. The highest BCUT2D eigenvalue weighted by Crippen LogP contribution is 2.25. The summed E-state index contributed by atoms with van der Waals surface area (Å²) < 4.78 is 0. The molecule has 24 heavy (non-hydrogen) atoms. The smallest absolute Gasteiger partial charge is 0.240 e. The highest BCUT2D eigenvalue weighted by Gasteiger charge is 2.30. The van der Waals surface area contributed by atoms with E-state index < -0.39 is 0 Å². The quantitative estimate of drug-likeness (QED) is 0.480. The van der Waals surface area contributed by atoms with E-state index in [1.165, 1.54) is 0 Å². The Labute approximate surface area is 154 Å². The summed E-state index contributed by atoms with van der Waals surface area (Å²) in [6.45, 7) is 1.71. The zero-order chi connectivity index (χ0) is 17.7. The van der Waals surface area contributed by atoms with Crippen LogP contribution in [0.5, 0.6) is 0 Å². The number of hydrogen-bond acceptors (Lipinski definition) is 6. The number of amides is 2. The maximum Gasteiger partial charge on any atom is 0.240 e. The lowest BCUT2D eigenvalue weighted by atomic mass is 10.0. The zero-order valence-electron chi connectivity index (χ0n) is 14.8. The first-order valence-corrected chi connectivity index (χ1v) is 10.2. The first-order valence-electron chi connectivity index (χ1n) is 8.61. The molecule has 2 aliphatic heterocycles. The molecule has 3 unspecified atom stereocenters. The van der Waals surface area contributed by atoms with Crippen LogP contribution in [0.1, 0.15) is 25.7 Å². The normalized spacial score (nSPS) is 30.7. The second-order valence-electron chi connectivity index (χ2n) is 6.90. The van der Waals surface area contributed by atoms with E-state index in [4.69, 9.17) is 0 Å². The third-order valence-electron chi connectivity index (χ3n) is 4.65. The lowest BCUT2D eigenvalue weighted by molar-refractivity contribution is -0.132. The third-order valence-corrected chi connectivity index (χ3v) is 6.55. The van der Waals surface area contributed by atoms with Crippen LogP contribution in [0.25, 0.3) is 0 Å². The number of hydrogen-bond donors (Lipinski definition) is 3. The van der Waals surface area contributed by atoms with Crippen LogP contribution in [0.15, 0.2) is 0 Å². The molecule has 0 bridgehead atoms. The van der Waals surface area contributed by atoms with E-state index >= 15 is 0 Å². The van der Waals surface area contributed by atoms with Crippen molar-refractivity contribution in [3.05, 3.63) is 0 Å². The number of piperidine rings is 2. The molecule has 2 N–H and O–H groups in total. The van der Waals surface area contributed by atoms with Gasteiger partial charge in [-0.15, -0.1) is 11.8 Å². The van der Waals surface area contributed by atoms with Crippen LogP contribution in [-0.4, -0.2) is 84.3 Å². The number of thiol groups is 1. The fourth-order valence-electron chi connectivity index (χ4n) is 3.17. The van der Waals surface area contributed by atoms with Crippen LogP contribution in [0.4, 0.5) is 0 Å². The van der Waals surface area contributed by atoms with Crippen LogP contribution in [0, 0.1) is 0 Å². The summed E-state index contributed by atoms with van der Waals surface area (Å²) in [5.41, 5.74) is 0. The Hall–Kier alpha value is -0.440. The fraction of sp³-hybridized carbons (Fsp3) is 0.875. The largest absolute Gasteiger partial charge is 0.347 e. The molecule has 2 saturated heterocycles. The molecule has 2 heterocycles. The fourth-order valence-corrected chi connectivity index (χ4v) is 4.68. The number of nitrogens with one attached hydrogen (secondary N) is 2. The molecule has 4 atom stereocenters. The van der Waals surface area contributed by atoms with Gasteiger partial charge in [-0.1, -0.05) is 0 Å². The lowest BCUT2D eigenvalue weighted by Gasteiger charge is -2.33. The molecule has 0 aromatic rings. The predicted octanol–water partition coefficient (Wildman–Crippen LogP) is 0.395. The van der Waals surface area contributed by atoms with Crippen molar-refractivity contribution < 1.29 is 9.59 Å². The molecule has 2 rings (SSSR count). The lowest BCUT2D eigenvalue weighted by Crippen LogP contribution is -2.50. The van der Waals surface area contributed by atoms with Gasteiger partial charge in [0, 0.05) is 31.6 Å². The number of nitrogens with zero attached hydrogens (tertiary/aromatic N) is 2. The third kappa shape index (κ3) is 5.54. The topological polar surface area (TPSA) is 64.7 Å². The van der Waals surface area contributed by atoms with Crippen LogP contribution in [0.2, 0.25) is 0 Å². The molecule has 0 saturated carbocycles. The Balaban J connectivity index is 1.77. The Morgan fingerprint density at radius 2 is 1.67 bits per heavy atom. The Morgan fingerprint density at radius 3 is 2.29 bits per heavy atom. The van der Waals surface area contributed by atoms with Gasteiger partial charge in [0.05, 0.1) is 18.0 Å². The van der Waals surface area contributed by atoms with Crippen molar-refractivity contribution in [1.82, 2.24) is 20.4 Å². The van der Waals surface area contributed by atoms with Crippen molar-refractivity contribution in [3.8, 4) is 0 Å². The number of likely N-dealkylation sites (N-methyl/N-ethyl adjacent to an activating group) is 2. The monoisotopic (exact) mass is 374 g/mol. The van der Waals surface area contributed by atoms with E-state index in [2.05, 4.69) is 23.3 Å². The van der Waals surface area contributed by atoms with Crippen molar-refractivity contribution in [2.24, 2.45) is 0 Å². The van der Waals surface area contributed by atoms with Crippen molar-refractivity contribution >= 4 is 36.2 Å². The summed E-state index contributed by atoms with van der Waals surface area (Å²) in [4.78, 5) is 28.1. The first-order chi connectivity index (χ1) is 11.4. The molecule has 0 aliphatic carbocycles. The van der Waals surface area contributed by atoms with Crippen molar-refractivity contribution in [2.75, 3.05) is 40.1 Å². The SMILES string of the molecule is CN(C)C(=O)C1C[C@@H](SCN(C)C(=O)C2CC(S)CCN2)CCN1. The first kappa shape index (κ1) is 19.9. The summed E-state index contributed by atoms with van der Waals surface area (Å²) in [6.07, 6.45) is 3.67. The molecule has 2 amide bonds. The molecule has 138 valence electrons. The van der Waals surface area contributed by atoms with Gasteiger partial charge in [-0.25, -0.2) is 0 Å². The van der Waals surface area contributed by atoms with Gasteiger partial charge in [-0.05, 0) is 38.8 Å². The van der Waals surface area contributed by atoms with Crippen molar-refractivity contribution in [3.63, 3.8) is 0 Å². The Morgan fingerprint density at radius 1 is 1.04 bits per heavy atom. The number of carbonyl (C=O) groups is 2. The van der Waals surface area contributed by atoms with Gasteiger partial charge in [0.15, 0.2) is 0 Å². The highest BCUT2D eigenvalue weighted by molar-refractivity contribution is 7.99. The summed E-state index contributed by atoms with van der Waals surface area (Å²) in [5.74, 6) is 0.953. The summed E-state index contributed by atoms with van der Waals surface area (Å²) >= 11 is 6.28. The van der Waals surface area contributed by atoms with E-state index in [0.29, 0.717) is 16.4 Å². The molecule has 2 aliphatic rings. The van der Waals surface area contributed by atoms with E-state index in [-0.39, 0.29) is 23.9 Å². The van der Waals surface area contributed by atoms with E-state index in [1.54, 1.807) is 35.7 Å². The molecule has 0 aromatic heterocycles. The van der Waals surface area contributed by atoms with Gasteiger partial charge < -0.3 is 20.4 Å². The molecular weight excluding hydrogens is 344 g/mol. The molecular formula is C16H30N4O2S2. The standard InChI is InChI=1S/C16H30N4O2S2/c1-19(2)15(21)14-9-12(5-7-18-14)24-10-20(3)16(22)13-8-11(23)4-6-17-13/h11-14,17-18,23H,4-10H2,1-3H3/t11?,12-,13?,14?/m0/s1. The average molecular weight is 375 g/mol. The van der Waals surface area contributed by atoms with Gasteiger partial charge in [-0.3, -0.25) is 9.59 Å². The van der Waals surface area contributed by atoms with Crippen LogP contribution >= 0.6 is 24.4 Å². The maximum atomic E-state index is 12.5. The Kier molecular flexibility index (Phi) is 7.71. The molecule has 0 spiro atoms. The second-order valence-corrected chi connectivity index (χ2v) is 8.89. The summed E-state index contributed by atoms with van der Waals surface area (Å²) in [6, 6.07) is -0.208. The molecule has 0 radical (unpaired) electrons.